The number of benzene rings is 1. The van der Waals surface area contributed by atoms with Gasteiger partial charge >= 0.3 is 6.09 Å². The van der Waals surface area contributed by atoms with Gasteiger partial charge in [-0.3, -0.25) is 9.62 Å². The lowest BCUT2D eigenvalue weighted by Crippen LogP contribution is -2.63. The number of pyridine rings is 1. The smallest absolute Gasteiger partial charge is 0.416 e. The molecule has 0 bridgehead atoms. The average molecular weight is 531 g/mol. The van der Waals surface area contributed by atoms with Crippen LogP contribution in [0.15, 0.2) is 42.7 Å². The predicted molar refractivity (Wildman–Crippen MR) is 122 cm³/mol. The highest BCUT2D eigenvalue weighted by atomic mass is 32.2. The number of fused-ring (bicyclic) bond motifs is 2. The molecule has 0 radical (unpaired) electrons. The summed E-state index contributed by atoms with van der Waals surface area (Å²) in [5.41, 5.74) is -0.801. The first kappa shape index (κ1) is 23.5. The quantitative estimate of drug-likeness (QED) is 0.488. The van der Waals surface area contributed by atoms with Gasteiger partial charge in [0.25, 0.3) is 0 Å². The van der Waals surface area contributed by atoms with Gasteiger partial charge in [0.15, 0.2) is 23.2 Å². The van der Waals surface area contributed by atoms with Crippen molar-refractivity contribution in [1.29, 1.82) is 0 Å². The van der Waals surface area contributed by atoms with Crippen molar-refractivity contribution in [3.8, 4) is 17.4 Å². The summed E-state index contributed by atoms with van der Waals surface area (Å²) in [6, 6.07) is 6.81. The minimum Gasteiger partial charge on any atom is -0.434 e. The van der Waals surface area contributed by atoms with Gasteiger partial charge in [-0.2, -0.15) is 5.10 Å². The van der Waals surface area contributed by atoms with Gasteiger partial charge in [0.2, 0.25) is 15.9 Å². The van der Waals surface area contributed by atoms with Crippen LogP contribution >= 0.6 is 0 Å². The summed E-state index contributed by atoms with van der Waals surface area (Å²) >= 11 is 0. The lowest BCUT2D eigenvalue weighted by molar-refractivity contribution is -0.143. The number of ether oxygens (including phenoxy) is 3. The van der Waals surface area contributed by atoms with E-state index in [-0.39, 0.29) is 42.7 Å². The maximum atomic E-state index is 15.3. The lowest BCUT2D eigenvalue weighted by atomic mass is 9.84. The molecule has 1 N–H and O–H groups in total. The van der Waals surface area contributed by atoms with E-state index in [1.54, 1.807) is 6.07 Å². The molecule has 1 aliphatic carbocycles. The highest BCUT2D eigenvalue weighted by Gasteiger charge is 2.54. The van der Waals surface area contributed by atoms with Gasteiger partial charge in [-0.25, -0.2) is 27.0 Å². The van der Waals surface area contributed by atoms with Gasteiger partial charge in [0, 0.05) is 35.7 Å². The summed E-state index contributed by atoms with van der Waals surface area (Å²) in [4.78, 5) is 18.1. The first-order chi connectivity index (χ1) is 17.8. The Kier molecular flexibility index (Phi) is 5.45. The van der Waals surface area contributed by atoms with Crippen LogP contribution in [0.3, 0.4) is 0 Å². The molecule has 1 spiro atoms. The third kappa shape index (κ3) is 4.11. The Morgan fingerprint density at radius 3 is 2.68 bits per heavy atom. The molecule has 14 heteroatoms. The van der Waals surface area contributed by atoms with Crippen LogP contribution in [0.5, 0.6) is 17.4 Å². The fourth-order valence-corrected chi connectivity index (χ4v) is 5.59. The highest BCUT2D eigenvalue weighted by Crippen LogP contribution is 2.47. The average Bonchev–Trinajstić information content (AvgIpc) is 3.69. The standard InChI is InChI=1S/C23H19F2N5O6S/c24-16-8-15-17(9-18(16)35-19-2-1-6-27-28-19)36-22(31)30(23(15)11-34-12-23)10-13-5-7-26-21(20(13)25)29-37(32,33)14-3-4-14/h1-2,5-9,14H,3-4,10-12H2,(H,26,29). The Labute approximate surface area is 209 Å². The van der Waals surface area contributed by atoms with Crippen molar-refractivity contribution in [1.82, 2.24) is 20.1 Å². The number of hydrogen-bond donors (Lipinski definition) is 1. The number of halogens is 2. The fraction of sp³-hybridized carbons (Fsp3) is 0.304. The summed E-state index contributed by atoms with van der Waals surface area (Å²) in [7, 11) is -3.75. The zero-order chi connectivity index (χ0) is 25.8. The highest BCUT2D eigenvalue weighted by molar-refractivity contribution is 7.93. The fourth-order valence-electron chi connectivity index (χ4n) is 4.25. The Morgan fingerprint density at radius 1 is 1.19 bits per heavy atom. The van der Waals surface area contributed by atoms with Crippen LogP contribution in [-0.4, -0.2) is 53.1 Å². The zero-order valence-electron chi connectivity index (χ0n) is 19.1. The number of carbonyl (C=O) groups is 1. The minimum atomic E-state index is -3.75. The van der Waals surface area contributed by atoms with Crippen LogP contribution in [0.2, 0.25) is 0 Å². The number of aromatic nitrogens is 3. The number of nitrogens with one attached hydrogen (secondary N) is 1. The van der Waals surface area contributed by atoms with Gasteiger partial charge in [-0.1, -0.05) is 0 Å². The number of amides is 1. The number of carbonyl (C=O) groups excluding carboxylic acids is 1. The minimum absolute atomic E-state index is 0.00162. The number of anilines is 1. The van der Waals surface area contributed by atoms with E-state index >= 15 is 8.78 Å². The molecule has 1 amide bonds. The van der Waals surface area contributed by atoms with Crippen LogP contribution < -0.4 is 14.2 Å². The Bertz CT molecular complexity index is 1500. The largest absolute Gasteiger partial charge is 0.434 e. The molecule has 3 aliphatic rings. The Morgan fingerprint density at radius 2 is 2.00 bits per heavy atom. The van der Waals surface area contributed by atoms with E-state index in [9.17, 15) is 13.2 Å². The molecule has 1 saturated carbocycles. The number of rotatable bonds is 7. The molecule has 1 saturated heterocycles. The monoisotopic (exact) mass is 531 g/mol. The molecule has 192 valence electrons. The third-order valence-corrected chi connectivity index (χ3v) is 8.24. The molecule has 2 fully saturated rings. The van der Waals surface area contributed by atoms with Crippen molar-refractivity contribution >= 4 is 21.9 Å². The van der Waals surface area contributed by atoms with Gasteiger partial charge in [-0.05, 0) is 31.0 Å². The van der Waals surface area contributed by atoms with E-state index in [0.717, 1.165) is 0 Å². The normalized spacial score (nSPS) is 18.1. The molecule has 6 rings (SSSR count). The summed E-state index contributed by atoms with van der Waals surface area (Å²) in [6.07, 6.45) is 2.86. The first-order valence-corrected chi connectivity index (χ1v) is 12.8. The summed E-state index contributed by atoms with van der Waals surface area (Å²) < 4.78 is 73.4. The van der Waals surface area contributed by atoms with Crippen molar-refractivity contribution in [2.45, 2.75) is 30.2 Å². The van der Waals surface area contributed by atoms with Crippen molar-refractivity contribution in [2.24, 2.45) is 0 Å². The second kappa shape index (κ2) is 8.59. The number of hydrogen-bond acceptors (Lipinski definition) is 9. The number of nitrogens with zero attached hydrogens (tertiary/aromatic N) is 4. The van der Waals surface area contributed by atoms with Crippen molar-refractivity contribution in [3.05, 3.63) is 65.5 Å². The summed E-state index contributed by atoms with van der Waals surface area (Å²) in [6.45, 7) is -0.257. The molecule has 2 aliphatic heterocycles. The molecule has 2 aromatic heterocycles. The topological polar surface area (TPSA) is 133 Å². The van der Waals surface area contributed by atoms with Gasteiger partial charge in [0.1, 0.15) is 11.3 Å². The Balaban J connectivity index is 1.31. The van der Waals surface area contributed by atoms with Crippen molar-refractivity contribution in [2.75, 3.05) is 17.9 Å². The molecule has 1 aromatic carbocycles. The Hall–Kier alpha value is -3.91. The second-order valence-electron chi connectivity index (χ2n) is 8.90. The zero-order valence-corrected chi connectivity index (χ0v) is 19.9. The SMILES string of the molecule is O=C1Oc2cc(Oc3cccnn3)c(F)cc2C2(COC2)N1Cc1ccnc(NS(=O)(=O)C2CC2)c1F. The maximum absolute atomic E-state index is 15.3. The summed E-state index contributed by atoms with van der Waals surface area (Å²) in [5, 5.41) is 6.85. The maximum Gasteiger partial charge on any atom is 0.416 e. The number of sulfonamides is 1. The molecule has 37 heavy (non-hydrogen) atoms. The lowest BCUT2D eigenvalue weighted by Gasteiger charge is -2.51. The van der Waals surface area contributed by atoms with Crippen LogP contribution in [0.25, 0.3) is 0 Å². The van der Waals surface area contributed by atoms with E-state index in [0.29, 0.717) is 18.4 Å². The van der Waals surface area contributed by atoms with Gasteiger partial charge in [-0.15, -0.1) is 5.10 Å². The molecular weight excluding hydrogens is 512 g/mol. The summed E-state index contributed by atoms with van der Waals surface area (Å²) in [5.74, 6) is -2.21. The molecular formula is C23H19F2N5O6S. The van der Waals surface area contributed by atoms with Gasteiger partial charge in [0.05, 0.1) is 25.0 Å². The van der Waals surface area contributed by atoms with Crippen molar-refractivity contribution in [3.63, 3.8) is 0 Å². The van der Waals surface area contributed by atoms with Crippen LogP contribution in [0.4, 0.5) is 19.4 Å². The van der Waals surface area contributed by atoms with E-state index in [1.807, 2.05) is 0 Å². The van der Waals surface area contributed by atoms with Crippen LogP contribution in [0.1, 0.15) is 24.0 Å². The molecule has 11 nitrogen and oxygen atoms in total. The molecule has 0 atom stereocenters. The van der Waals surface area contributed by atoms with Gasteiger partial charge < -0.3 is 14.2 Å². The molecule has 3 aromatic rings. The van der Waals surface area contributed by atoms with Crippen LogP contribution in [0, 0.1) is 11.6 Å². The third-order valence-electron chi connectivity index (χ3n) is 6.41. The van der Waals surface area contributed by atoms with E-state index in [4.69, 9.17) is 14.2 Å². The predicted octanol–water partition coefficient (Wildman–Crippen LogP) is 3.09. The van der Waals surface area contributed by atoms with Crippen molar-refractivity contribution < 1.29 is 36.2 Å². The van der Waals surface area contributed by atoms with E-state index in [2.05, 4.69) is 19.9 Å². The molecule has 0 unspecified atom stereocenters. The second-order valence-corrected chi connectivity index (χ2v) is 10.9. The van der Waals surface area contributed by atoms with E-state index in [1.165, 1.54) is 41.6 Å². The van der Waals surface area contributed by atoms with Crippen LogP contribution in [-0.2, 0) is 26.8 Å². The molecule has 4 heterocycles. The van der Waals surface area contributed by atoms with E-state index < -0.39 is 44.4 Å². The first-order valence-electron chi connectivity index (χ1n) is 11.3.